The molecule has 0 atom stereocenters. The van der Waals surface area contributed by atoms with Crippen molar-refractivity contribution in [1.29, 1.82) is 0 Å². The third-order valence-electron chi connectivity index (χ3n) is 7.12. The number of aromatic nitrogens is 2. The van der Waals surface area contributed by atoms with Crippen molar-refractivity contribution in [3.63, 3.8) is 0 Å². The maximum atomic E-state index is 12.4. The number of amides is 1. The maximum absolute atomic E-state index is 12.4. The van der Waals surface area contributed by atoms with E-state index in [-0.39, 0.29) is 11.8 Å². The molecule has 1 amide bonds. The van der Waals surface area contributed by atoms with Crippen LogP contribution in [-0.2, 0) is 17.8 Å². The van der Waals surface area contributed by atoms with Gasteiger partial charge in [0.1, 0.15) is 11.6 Å². The summed E-state index contributed by atoms with van der Waals surface area (Å²) in [4.78, 5) is 17.4. The minimum Gasteiger partial charge on any atom is -0.493 e. The van der Waals surface area contributed by atoms with Crippen LogP contribution in [0.15, 0.2) is 66.7 Å². The monoisotopic (exact) mass is 469 g/mol. The molecule has 5 nitrogen and oxygen atoms in total. The number of benzene rings is 3. The number of carbonyl (C=O) groups excluding carboxylic acids is 1. The number of hydrogen-bond acceptors (Lipinski definition) is 3. The van der Waals surface area contributed by atoms with Gasteiger partial charge in [-0.1, -0.05) is 67.8 Å². The summed E-state index contributed by atoms with van der Waals surface area (Å²) in [5, 5.41) is 5.51. The van der Waals surface area contributed by atoms with Crippen LogP contribution in [0.25, 0.3) is 21.8 Å². The summed E-state index contributed by atoms with van der Waals surface area (Å²) in [6, 6.07) is 22.9. The summed E-state index contributed by atoms with van der Waals surface area (Å²) in [5.41, 5.74) is 2.20. The topological polar surface area (TPSA) is 56.2 Å². The van der Waals surface area contributed by atoms with Crippen LogP contribution in [0.2, 0.25) is 0 Å². The normalized spacial score (nSPS) is 14.4. The minimum atomic E-state index is 0.218. The summed E-state index contributed by atoms with van der Waals surface area (Å²) < 4.78 is 8.49. The van der Waals surface area contributed by atoms with Crippen LogP contribution in [0, 0.1) is 5.92 Å². The largest absolute Gasteiger partial charge is 0.493 e. The van der Waals surface area contributed by atoms with E-state index in [1.165, 1.54) is 30.2 Å². The van der Waals surface area contributed by atoms with Crippen molar-refractivity contribution in [3.05, 3.63) is 72.6 Å². The van der Waals surface area contributed by atoms with Gasteiger partial charge >= 0.3 is 0 Å². The Labute approximate surface area is 207 Å². The third-order valence-corrected chi connectivity index (χ3v) is 7.12. The van der Waals surface area contributed by atoms with Crippen LogP contribution < -0.4 is 10.1 Å². The van der Waals surface area contributed by atoms with Crippen LogP contribution >= 0.6 is 0 Å². The van der Waals surface area contributed by atoms with Gasteiger partial charge in [-0.25, -0.2) is 4.98 Å². The standard InChI is InChI=1S/C30H35N3O2/c34-30(24-12-2-1-3-13-24)31-20-9-19-29-32-26-16-6-7-17-27(26)33(29)21-10-22-35-28-18-8-14-23-11-4-5-15-25(23)28/h4-8,11,14-18,24H,1-3,9-10,12-13,19-22H2,(H,31,34). The van der Waals surface area contributed by atoms with Crippen molar-refractivity contribution >= 4 is 27.7 Å². The lowest BCUT2D eigenvalue weighted by molar-refractivity contribution is -0.125. The smallest absolute Gasteiger partial charge is 0.223 e. The van der Waals surface area contributed by atoms with Gasteiger partial charge in [0.2, 0.25) is 5.91 Å². The molecule has 0 saturated heterocycles. The van der Waals surface area contributed by atoms with E-state index in [1.54, 1.807) is 0 Å². The Hall–Kier alpha value is -3.34. The van der Waals surface area contributed by atoms with Gasteiger partial charge in [-0.3, -0.25) is 4.79 Å². The predicted octanol–water partition coefficient (Wildman–Crippen LogP) is 6.29. The van der Waals surface area contributed by atoms with Crippen LogP contribution in [0.5, 0.6) is 5.75 Å². The number of nitrogens with one attached hydrogen (secondary N) is 1. The highest BCUT2D eigenvalue weighted by Gasteiger charge is 2.20. The maximum Gasteiger partial charge on any atom is 0.223 e. The van der Waals surface area contributed by atoms with E-state index in [9.17, 15) is 4.79 Å². The summed E-state index contributed by atoms with van der Waals surface area (Å²) in [5.74, 6) is 2.48. The summed E-state index contributed by atoms with van der Waals surface area (Å²) >= 11 is 0. The summed E-state index contributed by atoms with van der Waals surface area (Å²) in [7, 11) is 0. The van der Waals surface area contributed by atoms with Gasteiger partial charge in [-0.15, -0.1) is 0 Å². The molecule has 5 heteroatoms. The van der Waals surface area contributed by atoms with Crippen molar-refractivity contribution in [2.45, 2.75) is 57.9 Å². The number of ether oxygens (including phenoxy) is 1. The van der Waals surface area contributed by atoms with Gasteiger partial charge in [-0.05, 0) is 49.3 Å². The van der Waals surface area contributed by atoms with Crippen LogP contribution in [0.4, 0.5) is 0 Å². The zero-order valence-electron chi connectivity index (χ0n) is 20.4. The lowest BCUT2D eigenvalue weighted by Gasteiger charge is -2.20. The van der Waals surface area contributed by atoms with E-state index in [2.05, 4.69) is 58.4 Å². The van der Waals surface area contributed by atoms with E-state index >= 15 is 0 Å². The van der Waals surface area contributed by atoms with Crippen molar-refractivity contribution in [3.8, 4) is 5.75 Å². The molecule has 1 fully saturated rings. The van der Waals surface area contributed by atoms with Gasteiger partial charge in [0, 0.05) is 30.8 Å². The first-order chi connectivity index (χ1) is 17.3. The molecule has 3 aromatic carbocycles. The highest BCUT2D eigenvalue weighted by Crippen LogP contribution is 2.26. The molecule has 0 bridgehead atoms. The molecular weight excluding hydrogens is 434 g/mol. The van der Waals surface area contributed by atoms with Crippen molar-refractivity contribution in [2.75, 3.05) is 13.2 Å². The second-order valence-corrected chi connectivity index (χ2v) is 9.58. The number of hydrogen-bond donors (Lipinski definition) is 1. The molecule has 4 aromatic rings. The molecular formula is C30H35N3O2. The van der Waals surface area contributed by atoms with Gasteiger partial charge in [0.05, 0.1) is 17.6 Å². The summed E-state index contributed by atoms with van der Waals surface area (Å²) in [6.07, 6.45) is 8.38. The average Bonchev–Trinajstić information content (AvgIpc) is 3.26. The van der Waals surface area contributed by atoms with Crippen LogP contribution in [0.1, 0.15) is 50.8 Å². The Morgan fingerprint density at radius 1 is 0.943 bits per heavy atom. The second-order valence-electron chi connectivity index (χ2n) is 9.58. The fraction of sp³-hybridized carbons (Fsp3) is 0.400. The Morgan fingerprint density at radius 2 is 1.74 bits per heavy atom. The zero-order valence-corrected chi connectivity index (χ0v) is 20.4. The summed E-state index contributed by atoms with van der Waals surface area (Å²) in [6.45, 7) is 2.22. The molecule has 0 unspecified atom stereocenters. The lowest BCUT2D eigenvalue weighted by atomic mass is 9.89. The van der Waals surface area contributed by atoms with E-state index in [4.69, 9.17) is 9.72 Å². The number of fused-ring (bicyclic) bond motifs is 2. The van der Waals surface area contributed by atoms with Crippen molar-refractivity contribution < 1.29 is 9.53 Å². The third kappa shape index (κ3) is 5.67. The minimum absolute atomic E-state index is 0.218. The Morgan fingerprint density at radius 3 is 2.66 bits per heavy atom. The molecule has 182 valence electrons. The average molecular weight is 470 g/mol. The number of aryl methyl sites for hydroxylation is 2. The number of rotatable bonds is 10. The van der Waals surface area contributed by atoms with Gasteiger partial charge in [0.25, 0.3) is 0 Å². The molecule has 1 aliphatic carbocycles. The molecule has 1 aromatic heterocycles. The van der Waals surface area contributed by atoms with Crippen molar-refractivity contribution in [2.24, 2.45) is 5.92 Å². The SMILES string of the molecule is O=C(NCCCc1nc2ccccc2n1CCCOc1cccc2ccccc12)C1CCCCC1. The molecule has 1 aliphatic rings. The fourth-order valence-corrected chi connectivity index (χ4v) is 5.26. The zero-order chi connectivity index (χ0) is 23.9. The van der Waals surface area contributed by atoms with E-state index in [0.717, 1.165) is 61.1 Å². The first-order valence-electron chi connectivity index (χ1n) is 13.1. The fourth-order valence-electron chi connectivity index (χ4n) is 5.26. The number of para-hydroxylation sites is 2. The quantitative estimate of drug-likeness (QED) is 0.278. The Bertz CT molecular complexity index is 1270. The molecule has 1 saturated carbocycles. The molecule has 1 heterocycles. The first-order valence-corrected chi connectivity index (χ1v) is 13.1. The molecule has 35 heavy (non-hydrogen) atoms. The van der Waals surface area contributed by atoms with Crippen LogP contribution in [-0.4, -0.2) is 28.6 Å². The number of carbonyl (C=O) groups is 1. The van der Waals surface area contributed by atoms with Crippen LogP contribution in [0.3, 0.4) is 0 Å². The molecule has 1 N–H and O–H groups in total. The second kappa shape index (κ2) is 11.4. The predicted molar refractivity (Wildman–Crippen MR) is 142 cm³/mol. The Kier molecular flexibility index (Phi) is 7.62. The highest BCUT2D eigenvalue weighted by molar-refractivity contribution is 5.88. The molecule has 5 rings (SSSR count). The van der Waals surface area contributed by atoms with Gasteiger partial charge in [-0.2, -0.15) is 0 Å². The van der Waals surface area contributed by atoms with Gasteiger partial charge in [0.15, 0.2) is 0 Å². The van der Waals surface area contributed by atoms with E-state index in [1.807, 2.05) is 18.2 Å². The van der Waals surface area contributed by atoms with Gasteiger partial charge < -0.3 is 14.6 Å². The molecule has 0 spiro atoms. The molecule has 0 radical (unpaired) electrons. The number of imidazole rings is 1. The number of nitrogens with zero attached hydrogens (tertiary/aromatic N) is 2. The highest BCUT2D eigenvalue weighted by atomic mass is 16.5. The van der Waals surface area contributed by atoms with E-state index in [0.29, 0.717) is 13.2 Å². The van der Waals surface area contributed by atoms with Crippen molar-refractivity contribution in [1.82, 2.24) is 14.9 Å². The first kappa shape index (κ1) is 23.4. The Balaban J connectivity index is 1.17. The lowest BCUT2D eigenvalue weighted by Crippen LogP contribution is -2.32. The van der Waals surface area contributed by atoms with E-state index < -0.39 is 0 Å². The molecule has 0 aliphatic heterocycles.